The van der Waals surface area contributed by atoms with Gasteiger partial charge in [0.25, 0.3) is 0 Å². The predicted molar refractivity (Wildman–Crippen MR) is 54.0 cm³/mol. The molecule has 0 aromatic carbocycles. The molecule has 0 spiro atoms. The minimum absolute atomic E-state index is 0.882. The Morgan fingerprint density at radius 1 is 1.17 bits per heavy atom. The highest BCUT2D eigenvalue weighted by molar-refractivity contribution is 4.74. The zero-order valence-corrected chi connectivity index (χ0v) is 8.39. The molecule has 2 N–H and O–H groups in total. The Kier molecular flexibility index (Phi) is 4.67. The van der Waals surface area contributed by atoms with Crippen molar-refractivity contribution in [2.75, 3.05) is 6.54 Å². The summed E-state index contributed by atoms with van der Waals surface area (Å²) in [6, 6.07) is 0. The Labute approximate surface area is 76.7 Å². The molecule has 0 radical (unpaired) electrons. The molecule has 12 heavy (non-hydrogen) atoms. The molecular formula is C11H23N. The summed E-state index contributed by atoms with van der Waals surface area (Å²) < 4.78 is 0. The van der Waals surface area contributed by atoms with Gasteiger partial charge >= 0.3 is 0 Å². The molecule has 1 aliphatic rings. The van der Waals surface area contributed by atoms with Gasteiger partial charge < -0.3 is 5.73 Å². The first-order chi connectivity index (χ1) is 5.88. The Morgan fingerprint density at radius 3 is 2.42 bits per heavy atom. The molecule has 1 nitrogen and oxygen atoms in total. The minimum Gasteiger partial charge on any atom is -0.330 e. The Hall–Kier alpha value is -0.0400. The normalized spacial score (nSPS) is 30.5. The summed E-state index contributed by atoms with van der Waals surface area (Å²) in [5, 5.41) is 0. The average molecular weight is 169 g/mol. The van der Waals surface area contributed by atoms with Gasteiger partial charge in [-0.3, -0.25) is 0 Å². The van der Waals surface area contributed by atoms with E-state index in [0.29, 0.717) is 0 Å². The second-order valence-corrected chi connectivity index (χ2v) is 4.14. The fraction of sp³-hybridized carbons (Fsp3) is 1.00. The standard InChI is InChI=1S/C11H23N/c1-2-10-6-3-4-7-11(10)8-5-9-12/h10-11H,2-9,12H2,1H3. The lowest BCUT2D eigenvalue weighted by atomic mass is 9.76. The number of hydrogen-bond acceptors (Lipinski definition) is 1. The van der Waals surface area contributed by atoms with Gasteiger partial charge in [-0.1, -0.05) is 39.0 Å². The molecule has 0 aromatic heterocycles. The summed E-state index contributed by atoms with van der Waals surface area (Å²) in [6.07, 6.45) is 9.89. The number of rotatable bonds is 4. The smallest absolute Gasteiger partial charge is 0.00772 e. The van der Waals surface area contributed by atoms with E-state index in [2.05, 4.69) is 6.92 Å². The molecule has 0 heterocycles. The minimum atomic E-state index is 0.882. The molecule has 1 fully saturated rings. The van der Waals surface area contributed by atoms with Crippen LogP contribution in [0.5, 0.6) is 0 Å². The van der Waals surface area contributed by atoms with Crippen LogP contribution >= 0.6 is 0 Å². The fourth-order valence-corrected chi connectivity index (χ4v) is 2.58. The van der Waals surface area contributed by atoms with Crippen molar-refractivity contribution in [3.63, 3.8) is 0 Å². The summed E-state index contributed by atoms with van der Waals surface area (Å²) in [7, 11) is 0. The molecule has 0 saturated heterocycles. The highest BCUT2D eigenvalue weighted by atomic mass is 14.5. The third kappa shape index (κ3) is 2.78. The van der Waals surface area contributed by atoms with Crippen molar-refractivity contribution >= 4 is 0 Å². The van der Waals surface area contributed by atoms with Gasteiger partial charge in [-0.05, 0) is 31.2 Å². The first-order valence-corrected chi connectivity index (χ1v) is 5.58. The Bertz CT molecular complexity index is 112. The highest BCUT2D eigenvalue weighted by Crippen LogP contribution is 2.34. The van der Waals surface area contributed by atoms with Gasteiger partial charge in [-0.25, -0.2) is 0 Å². The molecule has 72 valence electrons. The van der Waals surface area contributed by atoms with Crippen molar-refractivity contribution in [2.24, 2.45) is 17.6 Å². The topological polar surface area (TPSA) is 26.0 Å². The van der Waals surface area contributed by atoms with Crippen LogP contribution in [0.4, 0.5) is 0 Å². The van der Waals surface area contributed by atoms with Crippen molar-refractivity contribution < 1.29 is 0 Å². The fourth-order valence-electron chi connectivity index (χ4n) is 2.58. The first-order valence-electron chi connectivity index (χ1n) is 5.58. The Balaban J connectivity index is 2.26. The Morgan fingerprint density at radius 2 is 1.83 bits per heavy atom. The van der Waals surface area contributed by atoms with E-state index in [4.69, 9.17) is 5.73 Å². The van der Waals surface area contributed by atoms with Crippen LogP contribution in [-0.2, 0) is 0 Å². The van der Waals surface area contributed by atoms with E-state index in [1.807, 2.05) is 0 Å². The zero-order chi connectivity index (χ0) is 8.81. The molecule has 0 aliphatic heterocycles. The maximum absolute atomic E-state index is 5.53. The van der Waals surface area contributed by atoms with E-state index in [1.165, 1.54) is 44.9 Å². The molecule has 1 saturated carbocycles. The van der Waals surface area contributed by atoms with Gasteiger partial charge in [0, 0.05) is 0 Å². The molecule has 1 heteroatoms. The maximum atomic E-state index is 5.53. The lowest BCUT2D eigenvalue weighted by Crippen LogP contribution is -2.19. The summed E-state index contributed by atoms with van der Waals surface area (Å²) in [5.41, 5.74) is 5.53. The van der Waals surface area contributed by atoms with Crippen molar-refractivity contribution in [1.29, 1.82) is 0 Å². The van der Waals surface area contributed by atoms with Crippen molar-refractivity contribution in [3.8, 4) is 0 Å². The van der Waals surface area contributed by atoms with Gasteiger partial charge in [0.2, 0.25) is 0 Å². The molecule has 2 atom stereocenters. The van der Waals surface area contributed by atoms with Crippen LogP contribution in [0.25, 0.3) is 0 Å². The molecular weight excluding hydrogens is 146 g/mol. The lowest BCUT2D eigenvalue weighted by molar-refractivity contribution is 0.215. The van der Waals surface area contributed by atoms with Crippen LogP contribution in [0.2, 0.25) is 0 Å². The largest absolute Gasteiger partial charge is 0.330 e. The van der Waals surface area contributed by atoms with Gasteiger partial charge in [-0.2, -0.15) is 0 Å². The van der Waals surface area contributed by atoms with Crippen LogP contribution < -0.4 is 5.73 Å². The molecule has 1 rings (SSSR count). The summed E-state index contributed by atoms with van der Waals surface area (Å²) in [4.78, 5) is 0. The van der Waals surface area contributed by atoms with E-state index >= 15 is 0 Å². The number of hydrogen-bond donors (Lipinski definition) is 1. The van der Waals surface area contributed by atoms with Crippen LogP contribution in [-0.4, -0.2) is 6.54 Å². The van der Waals surface area contributed by atoms with E-state index in [1.54, 1.807) is 0 Å². The van der Waals surface area contributed by atoms with Gasteiger partial charge in [0.05, 0.1) is 0 Å². The maximum Gasteiger partial charge on any atom is -0.00772 e. The monoisotopic (exact) mass is 169 g/mol. The predicted octanol–water partition coefficient (Wildman–Crippen LogP) is 2.94. The van der Waals surface area contributed by atoms with Crippen LogP contribution in [0.1, 0.15) is 51.9 Å². The molecule has 1 aliphatic carbocycles. The third-order valence-electron chi connectivity index (χ3n) is 3.37. The third-order valence-corrected chi connectivity index (χ3v) is 3.37. The quantitative estimate of drug-likeness (QED) is 0.688. The van der Waals surface area contributed by atoms with Crippen LogP contribution in [0, 0.1) is 11.8 Å². The summed E-state index contributed by atoms with van der Waals surface area (Å²) >= 11 is 0. The number of nitrogens with two attached hydrogens (primary N) is 1. The van der Waals surface area contributed by atoms with Crippen LogP contribution in [0.3, 0.4) is 0 Å². The van der Waals surface area contributed by atoms with E-state index in [9.17, 15) is 0 Å². The van der Waals surface area contributed by atoms with Gasteiger partial charge in [0.15, 0.2) is 0 Å². The van der Waals surface area contributed by atoms with Crippen molar-refractivity contribution in [1.82, 2.24) is 0 Å². The van der Waals surface area contributed by atoms with E-state index in [-0.39, 0.29) is 0 Å². The van der Waals surface area contributed by atoms with E-state index in [0.717, 1.165) is 18.4 Å². The summed E-state index contributed by atoms with van der Waals surface area (Å²) in [6.45, 7) is 3.22. The molecule has 0 bridgehead atoms. The van der Waals surface area contributed by atoms with Crippen LogP contribution in [0.15, 0.2) is 0 Å². The second kappa shape index (κ2) is 5.58. The SMILES string of the molecule is CCC1CCCCC1CCCN. The highest BCUT2D eigenvalue weighted by Gasteiger charge is 2.22. The van der Waals surface area contributed by atoms with E-state index < -0.39 is 0 Å². The summed E-state index contributed by atoms with van der Waals surface area (Å²) in [5.74, 6) is 2.03. The van der Waals surface area contributed by atoms with Gasteiger partial charge in [-0.15, -0.1) is 0 Å². The zero-order valence-electron chi connectivity index (χ0n) is 8.39. The van der Waals surface area contributed by atoms with Crippen molar-refractivity contribution in [2.45, 2.75) is 51.9 Å². The lowest BCUT2D eigenvalue weighted by Gasteiger charge is -2.30. The van der Waals surface area contributed by atoms with Gasteiger partial charge in [0.1, 0.15) is 0 Å². The molecule has 0 aromatic rings. The second-order valence-electron chi connectivity index (χ2n) is 4.14. The average Bonchev–Trinajstić information content (AvgIpc) is 2.15. The molecule has 2 unspecified atom stereocenters. The first kappa shape index (κ1) is 10.0. The van der Waals surface area contributed by atoms with Crippen molar-refractivity contribution in [3.05, 3.63) is 0 Å². The molecule has 0 amide bonds.